The lowest BCUT2D eigenvalue weighted by Crippen LogP contribution is -2.43. The second kappa shape index (κ2) is 8.17. The number of esters is 1. The SMILES string of the molecule is COC(=O)c1ccc(C(O)C(CF)NC(=O)C(Cl)Cl)cc1. The second-order valence-corrected chi connectivity index (χ2v) is 5.22. The van der Waals surface area contributed by atoms with Crippen molar-refractivity contribution in [1.82, 2.24) is 5.32 Å². The molecule has 0 bridgehead atoms. The van der Waals surface area contributed by atoms with Crippen molar-refractivity contribution < 1.29 is 23.8 Å². The Morgan fingerprint density at radius 1 is 1.33 bits per heavy atom. The molecule has 5 nitrogen and oxygen atoms in total. The van der Waals surface area contributed by atoms with E-state index in [1.165, 1.54) is 31.4 Å². The van der Waals surface area contributed by atoms with E-state index < -0.39 is 35.5 Å². The fourth-order valence-electron chi connectivity index (χ4n) is 1.61. The molecule has 0 aromatic heterocycles. The molecule has 0 aliphatic carbocycles. The number of hydrogen-bond acceptors (Lipinski definition) is 4. The molecule has 1 rings (SSSR count). The Balaban J connectivity index is 2.82. The van der Waals surface area contributed by atoms with Gasteiger partial charge >= 0.3 is 5.97 Å². The minimum atomic E-state index is -1.35. The van der Waals surface area contributed by atoms with Crippen LogP contribution in [0.1, 0.15) is 22.0 Å². The Kier molecular flexibility index (Phi) is 6.87. The quantitative estimate of drug-likeness (QED) is 0.612. The Morgan fingerprint density at radius 3 is 2.33 bits per heavy atom. The van der Waals surface area contributed by atoms with Gasteiger partial charge in [-0.3, -0.25) is 4.79 Å². The number of nitrogens with one attached hydrogen (secondary N) is 1. The van der Waals surface area contributed by atoms with Gasteiger partial charge in [0.1, 0.15) is 12.8 Å². The van der Waals surface area contributed by atoms with Gasteiger partial charge < -0.3 is 15.2 Å². The number of halogens is 3. The fraction of sp³-hybridized carbons (Fsp3) is 0.385. The van der Waals surface area contributed by atoms with Crippen LogP contribution in [-0.2, 0) is 9.53 Å². The van der Waals surface area contributed by atoms with Crippen molar-refractivity contribution in [3.8, 4) is 0 Å². The summed E-state index contributed by atoms with van der Waals surface area (Å²) in [6.45, 7) is -1.01. The molecule has 116 valence electrons. The number of aliphatic hydroxyl groups is 1. The zero-order chi connectivity index (χ0) is 16.0. The van der Waals surface area contributed by atoms with Crippen molar-refractivity contribution in [2.24, 2.45) is 0 Å². The molecule has 1 amide bonds. The van der Waals surface area contributed by atoms with Gasteiger partial charge in [-0.2, -0.15) is 0 Å². The molecule has 0 fully saturated rings. The molecule has 0 saturated carbocycles. The van der Waals surface area contributed by atoms with Gasteiger partial charge in [-0.25, -0.2) is 9.18 Å². The zero-order valence-electron chi connectivity index (χ0n) is 11.1. The van der Waals surface area contributed by atoms with Crippen LogP contribution >= 0.6 is 23.2 Å². The molecule has 2 atom stereocenters. The van der Waals surface area contributed by atoms with E-state index in [0.29, 0.717) is 5.56 Å². The zero-order valence-corrected chi connectivity index (χ0v) is 12.6. The number of amides is 1. The maximum Gasteiger partial charge on any atom is 0.337 e. The molecular formula is C13H14Cl2FNO4. The molecule has 0 radical (unpaired) electrons. The van der Waals surface area contributed by atoms with E-state index in [2.05, 4.69) is 10.1 Å². The minimum Gasteiger partial charge on any atom is -0.465 e. The largest absolute Gasteiger partial charge is 0.465 e. The first kappa shape index (κ1) is 17.7. The topological polar surface area (TPSA) is 75.6 Å². The molecule has 2 N–H and O–H groups in total. The van der Waals surface area contributed by atoms with Crippen LogP contribution in [0.4, 0.5) is 4.39 Å². The van der Waals surface area contributed by atoms with Crippen molar-refractivity contribution >= 4 is 35.1 Å². The van der Waals surface area contributed by atoms with Crippen LogP contribution in [0.25, 0.3) is 0 Å². The van der Waals surface area contributed by atoms with Gasteiger partial charge in [0.2, 0.25) is 0 Å². The lowest BCUT2D eigenvalue weighted by atomic mass is 10.0. The molecule has 1 aromatic rings. The third-order valence-corrected chi connectivity index (χ3v) is 3.14. The van der Waals surface area contributed by atoms with E-state index >= 15 is 0 Å². The lowest BCUT2D eigenvalue weighted by molar-refractivity contribution is -0.121. The van der Waals surface area contributed by atoms with Gasteiger partial charge in [0.05, 0.1) is 18.7 Å². The van der Waals surface area contributed by atoms with Crippen LogP contribution in [0.15, 0.2) is 24.3 Å². The maximum absolute atomic E-state index is 12.9. The highest BCUT2D eigenvalue weighted by Crippen LogP contribution is 2.19. The Bertz CT molecular complexity index is 495. The number of methoxy groups -OCH3 is 1. The summed E-state index contributed by atoms with van der Waals surface area (Å²) in [6.07, 6.45) is -1.31. The Labute approximate surface area is 131 Å². The van der Waals surface area contributed by atoms with E-state index in [1.54, 1.807) is 0 Å². The first-order chi connectivity index (χ1) is 9.90. The van der Waals surface area contributed by atoms with E-state index in [4.69, 9.17) is 23.2 Å². The minimum absolute atomic E-state index is 0.288. The van der Waals surface area contributed by atoms with Crippen molar-refractivity contribution in [2.75, 3.05) is 13.8 Å². The molecule has 0 saturated heterocycles. The summed E-state index contributed by atoms with van der Waals surface area (Å²) in [5, 5.41) is 12.2. The molecular weight excluding hydrogens is 324 g/mol. The van der Waals surface area contributed by atoms with Crippen LogP contribution in [0, 0.1) is 0 Å². The molecule has 21 heavy (non-hydrogen) atoms. The standard InChI is InChI=1S/C13H14Cl2FNO4/c1-21-13(20)8-4-2-7(3-5-8)10(18)9(6-16)17-12(19)11(14)15/h2-5,9-11,18H,6H2,1H3,(H,17,19). The third kappa shape index (κ3) is 4.84. The Hall–Kier alpha value is -1.37. The number of carbonyl (C=O) groups is 2. The van der Waals surface area contributed by atoms with Crippen molar-refractivity contribution in [1.29, 1.82) is 0 Å². The predicted octanol–water partition coefficient (Wildman–Crippen LogP) is 1.76. The van der Waals surface area contributed by atoms with Gasteiger partial charge in [0, 0.05) is 0 Å². The van der Waals surface area contributed by atoms with Gasteiger partial charge in [-0.1, -0.05) is 35.3 Å². The molecule has 1 aromatic carbocycles. The van der Waals surface area contributed by atoms with Crippen LogP contribution in [0.3, 0.4) is 0 Å². The first-order valence-corrected chi connectivity index (χ1v) is 6.78. The van der Waals surface area contributed by atoms with E-state index in [1.807, 2.05) is 0 Å². The number of hydrogen-bond donors (Lipinski definition) is 2. The van der Waals surface area contributed by atoms with Crippen LogP contribution in [0.5, 0.6) is 0 Å². The monoisotopic (exact) mass is 337 g/mol. The highest BCUT2D eigenvalue weighted by molar-refractivity contribution is 6.53. The lowest BCUT2D eigenvalue weighted by Gasteiger charge is -2.22. The smallest absolute Gasteiger partial charge is 0.337 e. The van der Waals surface area contributed by atoms with E-state index in [0.717, 1.165) is 0 Å². The molecule has 0 heterocycles. The molecule has 2 unspecified atom stereocenters. The highest BCUT2D eigenvalue weighted by Gasteiger charge is 2.25. The van der Waals surface area contributed by atoms with E-state index in [9.17, 15) is 19.1 Å². The van der Waals surface area contributed by atoms with Crippen molar-refractivity contribution in [2.45, 2.75) is 17.0 Å². The third-order valence-electron chi connectivity index (χ3n) is 2.75. The van der Waals surface area contributed by atoms with Crippen LogP contribution in [0.2, 0.25) is 0 Å². The fourth-order valence-corrected chi connectivity index (χ4v) is 1.74. The van der Waals surface area contributed by atoms with Gasteiger partial charge in [-0.15, -0.1) is 0 Å². The number of carbonyl (C=O) groups excluding carboxylic acids is 2. The van der Waals surface area contributed by atoms with Crippen molar-refractivity contribution in [3.05, 3.63) is 35.4 Å². The molecule has 0 aliphatic heterocycles. The predicted molar refractivity (Wildman–Crippen MR) is 76.1 cm³/mol. The average molecular weight is 338 g/mol. The van der Waals surface area contributed by atoms with Gasteiger partial charge in [-0.05, 0) is 17.7 Å². The molecule has 0 spiro atoms. The summed E-state index contributed by atoms with van der Waals surface area (Å²) in [6, 6.07) is 4.53. The summed E-state index contributed by atoms with van der Waals surface area (Å²) in [5.41, 5.74) is 0.613. The second-order valence-electron chi connectivity index (χ2n) is 4.13. The number of aliphatic hydroxyl groups excluding tert-OH is 1. The molecule has 0 aliphatic rings. The van der Waals surface area contributed by atoms with Crippen LogP contribution < -0.4 is 5.32 Å². The van der Waals surface area contributed by atoms with Crippen LogP contribution in [-0.4, -0.2) is 41.6 Å². The molecule has 8 heteroatoms. The Morgan fingerprint density at radius 2 is 1.90 bits per heavy atom. The first-order valence-electron chi connectivity index (χ1n) is 5.91. The van der Waals surface area contributed by atoms with Crippen molar-refractivity contribution in [3.63, 3.8) is 0 Å². The van der Waals surface area contributed by atoms with Gasteiger partial charge in [0.15, 0.2) is 4.84 Å². The summed E-state index contributed by atoms with van der Waals surface area (Å²) >= 11 is 10.7. The highest BCUT2D eigenvalue weighted by atomic mass is 35.5. The maximum atomic E-state index is 12.9. The average Bonchev–Trinajstić information content (AvgIpc) is 2.50. The number of rotatable bonds is 6. The van der Waals surface area contributed by atoms with Gasteiger partial charge in [0.25, 0.3) is 5.91 Å². The summed E-state index contributed by atoms with van der Waals surface area (Å²) in [5.74, 6) is -1.33. The normalized spacial score (nSPS) is 13.6. The number of benzene rings is 1. The van der Waals surface area contributed by atoms with E-state index in [-0.39, 0.29) is 5.56 Å². The number of alkyl halides is 3. The summed E-state index contributed by atoms with van der Waals surface area (Å²) in [7, 11) is 1.24. The number of ether oxygens (including phenoxy) is 1. The summed E-state index contributed by atoms with van der Waals surface area (Å²) < 4.78 is 17.5. The summed E-state index contributed by atoms with van der Waals surface area (Å²) in [4.78, 5) is 21.2.